The first-order chi connectivity index (χ1) is 16.0. The highest BCUT2D eigenvalue weighted by Crippen LogP contribution is 2.51. The van der Waals surface area contributed by atoms with E-state index < -0.39 is 5.60 Å². The molecule has 3 aromatic rings. The minimum Gasteiger partial charge on any atom is -0.387 e. The van der Waals surface area contributed by atoms with Gasteiger partial charge in [0, 0.05) is 42.2 Å². The molecule has 0 radical (unpaired) electrons. The molecule has 1 saturated heterocycles. The van der Waals surface area contributed by atoms with Gasteiger partial charge in [-0.3, -0.25) is 14.3 Å². The van der Waals surface area contributed by atoms with Crippen LogP contribution >= 0.6 is 0 Å². The van der Waals surface area contributed by atoms with Crippen molar-refractivity contribution in [1.29, 1.82) is 0 Å². The molecule has 2 aliphatic rings. The quantitative estimate of drug-likeness (QED) is 0.635. The van der Waals surface area contributed by atoms with E-state index in [-0.39, 0.29) is 23.3 Å². The molecule has 172 valence electrons. The first-order valence-electron chi connectivity index (χ1n) is 11.8. The van der Waals surface area contributed by atoms with E-state index in [2.05, 4.69) is 9.88 Å². The Morgan fingerprint density at radius 1 is 1.00 bits per heavy atom. The van der Waals surface area contributed by atoms with Gasteiger partial charge in [0.1, 0.15) is 5.82 Å². The van der Waals surface area contributed by atoms with Gasteiger partial charge in [-0.25, -0.2) is 9.37 Å². The molecule has 1 aliphatic heterocycles. The Labute approximate surface area is 193 Å². The molecule has 1 aliphatic carbocycles. The molecule has 0 amide bonds. The SMILES string of the molecule is O=c1cc(-c2ccccc2)ncn1CC1(O)CCN(Cc2ccccc2F)CC12CCCC2. The predicted octanol–water partition coefficient (Wildman–Crippen LogP) is 4.25. The molecular weight excluding hydrogens is 417 g/mol. The molecule has 0 bridgehead atoms. The number of aliphatic hydroxyl groups is 1. The lowest BCUT2D eigenvalue weighted by atomic mass is 9.65. The molecule has 1 spiro atoms. The molecule has 1 aromatic heterocycles. The summed E-state index contributed by atoms with van der Waals surface area (Å²) >= 11 is 0. The van der Waals surface area contributed by atoms with Crippen LogP contribution in [-0.4, -0.2) is 38.2 Å². The average molecular weight is 448 g/mol. The van der Waals surface area contributed by atoms with Crippen molar-refractivity contribution in [3.05, 3.63) is 88.7 Å². The summed E-state index contributed by atoms with van der Waals surface area (Å²) in [6, 6.07) is 18.1. The van der Waals surface area contributed by atoms with E-state index in [4.69, 9.17) is 0 Å². The molecule has 2 fully saturated rings. The summed E-state index contributed by atoms with van der Waals surface area (Å²) < 4.78 is 15.8. The van der Waals surface area contributed by atoms with Crippen molar-refractivity contribution >= 4 is 0 Å². The van der Waals surface area contributed by atoms with E-state index in [0.29, 0.717) is 37.3 Å². The number of halogens is 1. The van der Waals surface area contributed by atoms with Crippen molar-refractivity contribution in [2.75, 3.05) is 13.1 Å². The van der Waals surface area contributed by atoms with Crippen LogP contribution in [0, 0.1) is 11.2 Å². The maximum absolute atomic E-state index is 14.2. The summed E-state index contributed by atoms with van der Waals surface area (Å²) in [7, 11) is 0. The van der Waals surface area contributed by atoms with Crippen molar-refractivity contribution in [2.45, 2.75) is 50.8 Å². The van der Waals surface area contributed by atoms with Crippen LogP contribution in [-0.2, 0) is 13.1 Å². The van der Waals surface area contributed by atoms with Crippen LogP contribution in [0.1, 0.15) is 37.7 Å². The molecule has 33 heavy (non-hydrogen) atoms. The fourth-order valence-corrected chi connectivity index (χ4v) is 5.78. The van der Waals surface area contributed by atoms with Gasteiger partial charge in [-0.2, -0.15) is 0 Å². The molecule has 1 atom stereocenters. The molecule has 6 heteroatoms. The molecule has 5 nitrogen and oxygen atoms in total. The lowest BCUT2D eigenvalue weighted by Crippen LogP contribution is -2.61. The summed E-state index contributed by atoms with van der Waals surface area (Å²) in [6.07, 6.45) is 6.08. The topological polar surface area (TPSA) is 58.4 Å². The Balaban J connectivity index is 1.38. The van der Waals surface area contributed by atoms with Crippen LogP contribution in [0.3, 0.4) is 0 Å². The average Bonchev–Trinajstić information content (AvgIpc) is 3.30. The number of aromatic nitrogens is 2. The second-order valence-corrected chi connectivity index (χ2v) is 9.68. The smallest absolute Gasteiger partial charge is 0.253 e. The van der Waals surface area contributed by atoms with E-state index in [0.717, 1.165) is 31.2 Å². The molecule has 2 aromatic carbocycles. The second kappa shape index (κ2) is 8.84. The maximum atomic E-state index is 14.2. The van der Waals surface area contributed by atoms with Gasteiger partial charge in [0.15, 0.2) is 0 Å². The van der Waals surface area contributed by atoms with Gasteiger partial charge in [0.2, 0.25) is 0 Å². The van der Waals surface area contributed by atoms with Crippen LogP contribution in [0.15, 0.2) is 71.8 Å². The van der Waals surface area contributed by atoms with Crippen molar-refractivity contribution in [3.8, 4) is 11.3 Å². The molecule has 2 heterocycles. The summed E-state index contributed by atoms with van der Waals surface area (Å²) in [5.74, 6) is -0.185. The zero-order valence-electron chi connectivity index (χ0n) is 18.8. The maximum Gasteiger partial charge on any atom is 0.253 e. The van der Waals surface area contributed by atoms with Gasteiger partial charge in [-0.15, -0.1) is 0 Å². The van der Waals surface area contributed by atoms with Crippen LogP contribution in [0.5, 0.6) is 0 Å². The Morgan fingerprint density at radius 2 is 1.73 bits per heavy atom. The monoisotopic (exact) mass is 447 g/mol. The Hall–Kier alpha value is -2.83. The number of rotatable bonds is 5. The zero-order valence-corrected chi connectivity index (χ0v) is 18.8. The van der Waals surface area contributed by atoms with E-state index in [9.17, 15) is 14.3 Å². The van der Waals surface area contributed by atoms with Crippen molar-refractivity contribution in [1.82, 2.24) is 14.5 Å². The summed E-state index contributed by atoms with van der Waals surface area (Å²) in [4.78, 5) is 19.7. The number of hydrogen-bond acceptors (Lipinski definition) is 4. The highest BCUT2D eigenvalue weighted by Gasteiger charge is 2.54. The molecule has 1 N–H and O–H groups in total. The molecule has 5 rings (SSSR count). The Morgan fingerprint density at radius 3 is 2.45 bits per heavy atom. The number of hydrogen-bond donors (Lipinski definition) is 1. The summed E-state index contributed by atoms with van der Waals surface area (Å²) in [5.41, 5.74) is 0.781. The predicted molar refractivity (Wildman–Crippen MR) is 126 cm³/mol. The number of likely N-dealkylation sites (tertiary alicyclic amines) is 1. The lowest BCUT2D eigenvalue weighted by Gasteiger charge is -2.52. The van der Waals surface area contributed by atoms with Crippen LogP contribution < -0.4 is 5.56 Å². The molecule has 1 unspecified atom stereocenters. The standard InChI is InChI=1S/C27H30FN3O2/c28-23-11-5-4-10-22(23)17-30-15-14-27(33,26(18-30)12-6-7-13-26)19-31-20-29-24(16-25(31)32)21-8-2-1-3-9-21/h1-5,8-11,16,20,33H,6-7,12-15,17-19H2. The molecule has 1 saturated carbocycles. The normalized spacial score (nSPS) is 22.6. The van der Waals surface area contributed by atoms with E-state index in [1.54, 1.807) is 23.0 Å². The van der Waals surface area contributed by atoms with Gasteiger partial charge in [0.05, 0.1) is 24.2 Å². The first kappa shape index (κ1) is 22.0. The summed E-state index contributed by atoms with van der Waals surface area (Å²) in [5, 5.41) is 11.9. The largest absolute Gasteiger partial charge is 0.387 e. The zero-order chi connectivity index (χ0) is 22.9. The number of piperidine rings is 1. The van der Waals surface area contributed by atoms with Gasteiger partial charge in [-0.1, -0.05) is 61.4 Å². The third kappa shape index (κ3) is 4.25. The van der Waals surface area contributed by atoms with Crippen LogP contribution in [0.2, 0.25) is 0 Å². The van der Waals surface area contributed by atoms with Gasteiger partial charge >= 0.3 is 0 Å². The van der Waals surface area contributed by atoms with Gasteiger partial charge in [0.25, 0.3) is 5.56 Å². The number of nitrogens with zero attached hydrogens (tertiary/aromatic N) is 3. The lowest BCUT2D eigenvalue weighted by molar-refractivity contribution is -0.144. The van der Waals surface area contributed by atoms with Crippen LogP contribution in [0.25, 0.3) is 11.3 Å². The Bertz CT molecular complexity index is 1170. The first-order valence-corrected chi connectivity index (χ1v) is 11.8. The van der Waals surface area contributed by atoms with E-state index in [1.165, 1.54) is 6.07 Å². The third-order valence-corrected chi connectivity index (χ3v) is 7.65. The molecular formula is C27H30FN3O2. The van der Waals surface area contributed by atoms with E-state index in [1.807, 2.05) is 42.5 Å². The van der Waals surface area contributed by atoms with Crippen molar-refractivity contribution < 1.29 is 9.50 Å². The minimum atomic E-state index is -0.991. The van der Waals surface area contributed by atoms with Crippen molar-refractivity contribution in [2.24, 2.45) is 5.41 Å². The summed E-state index contributed by atoms with van der Waals surface area (Å²) in [6.45, 7) is 2.15. The Kier molecular flexibility index (Phi) is 5.89. The third-order valence-electron chi connectivity index (χ3n) is 7.65. The number of benzene rings is 2. The minimum absolute atomic E-state index is 0.154. The fourth-order valence-electron chi connectivity index (χ4n) is 5.78. The van der Waals surface area contributed by atoms with Crippen LogP contribution in [0.4, 0.5) is 4.39 Å². The second-order valence-electron chi connectivity index (χ2n) is 9.68. The van der Waals surface area contributed by atoms with Crippen molar-refractivity contribution in [3.63, 3.8) is 0 Å². The van der Waals surface area contributed by atoms with Gasteiger partial charge < -0.3 is 5.11 Å². The fraction of sp³-hybridized carbons (Fsp3) is 0.407. The van der Waals surface area contributed by atoms with E-state index >= 15 is 0 Å². The van der Waals surface area contributed by atoms with Gasteiger partial charge in [-0.05, 0) is 25.3 Å². The highest BCUT2D eigenvalue weighted by molar-refractivity contribution is 5.57. The highest BCUT2D eigenvalue weighted by atomic mass is 19.1.